The summed E-state index contributed by atoms with van der Waals surface area (Å²) in [5.41, 5.74) is 8.19. The van der Waals surface area contributed by atoms with E-state index in [9.17, 15) is 0 Å². The summed E-state index contributed by atoms with van der Waals surface area (Å²) in [6.07, 6.45) is 3.29. The first kappa shape index (κ1) is 10.0. The van der Waals surface area contributed by atoms with Gasteiger partial charge in [0.25, 0.3) is 0 Å². The lowest BCUT2D eigenvalue weighted by atomic mass is 10.2. The highest BCUT2D eigenvalue weighted by Gasteiger charge is 2.07. The average Bonchev–Trinajstić information content (AvgIpc) is 2.22. The van der Waals surface area contributed by atoms with Gasteiger partial charge in [0.2, 0.25) is 0 Å². The van der Waals surface area contributed by atoms with Crippen LogP contribution in [0.25, 0.3) is 11.4 Å². The standard InChI is InChI=1S/C10H9BrN4/c1-6-2-3-13-7(4-6)9-10(12)14-5-8(11)15-9/h2-5H,1H3,(H2,12,14). The van der Waals surface area contributed by atoms with Crippen molar-refractivity contribution in [1.29, 1.82) is 0 Å². The monoisotopic (exact) mass is 264 g/mol. The Morgan fingerprint density at radius 1 is 1.33 bits per heavy atom. The molecule has 0 unspecified atom stereocenters. The van der Waals surface area contributed by atoms with Crippen molar-refractivity contribution in [1.82, 2.24) is 15.0 Å². The Balaban J connectivity index is 2.58. The number of anilines is 1. The van der Waals surface area contributed by atoms with E-state index < -0.39 is 0 Å². The predicted octanol–water partition coefficient (Wildman–Crippen LogP) is 2.19. The van der Waals surface area contributed by atoms with Gasteiger partial charge in [-0.1, -0.05) is 0 Å². The summed E-state index contributed by atoms with van der Waals surface area (Å²) in [5.74, 6) is 0.385. The fourth-order valence-corrected chi connectivity index (χ4v) is 1.51. The van der Waals surface area contributed by atoms with Gasteiger partial charge in [0.05, 0.1) is 11.9 Å². The van der Waals surface area contributed by atoms with Crippen LogP contribution in [0, 0.1) is 6.92 Å². The minimum absolute atomic E-state index is 0.385. The number of nitrogens with two attached hydrogens (primary N) is 1. The molecule has 76 valence electrons. The van der Waals surface area contributed by atoms with E-state index in [-0.39, 0.29) is 0 Å². The molecule has 0 spiro atoms. The van der Waals surface area contributed by atoms with Crippen molar-refractivity contribution in [2.75, 3.05) is 5.73 Å². The van der Waals surface area contributed by atoms with Crippen molar-refractivity contribution in [2.45, 2.75) is 6.92 Å². The molecule has 5 heteroatoms. The molecular formula is C10H9BrN4. The van der Waals surface area contributed by atoms with E-state index in [0.29, 0.717) is 16.1 Å². The van der Waals surface area contributed by atoms with Gasteiger partial charge in [-0.25, -0.2) is 9.97 Å². The largest absolute Gasteiger partial charge is 0.382 e. The molecule has 2 heterocycles. The summed E-state index contributed by atoms with van der Waals surface area (Å²) in [5, 5.41) is 0. The zero-order chi connectivity index (χ0) is 10.8. The molecule has 2 aromatic rings. The maximum absolute atomic E-state index is 5.74. The number of nitrogens with zero attached hydrogens (tertiary/aromatic N) is 3. The third-order valence-corrected chi connectivity index (χ3v) is 2.31. The van der Waals surface area contributed by atoms with Gasteiger partial charge in [-0.2, -0.15) is 0 Å². The first-order chi connectivity index (χ1) is 7.16. The van der Waals surface area contributed by atoms with Crippen LogP contribution in [-0.2, 0) is 0 Å². The van der Waals surface area contributed by atoms with Gasteiger partial charge in [-0.05, 0) is 40.5 Å². The predicted molar refractivity (Wildman–Crippen MR) is 62.1 cm³/mol. The molecule has 2 rings (SSSR count). The number of aryl methyl sites for hydroxylation is 1. The number of pyridine rings is 1. The van der Waals surface area contributed by atoms with Gasteiger partial charge in [0.1, 0.15) is 10.3 Å². The van der Waals surface area contributed by atoms with Crippen LogP contribution in [0.2, 0.25) is 0 Å². The Morgan fingerprint density at radius 3 is 2.87 bits per heavy atom. The molecule has 0 aliphatic rings. The van der Waals surface area contributed by atoms with E-state index in [0.717, 1.165) is 11.3 Å². The molecular weight excluding hydrogens is 256 g/mol. The zero-order valence-corrected chi connectivity index (χ0v) is 9.69. The van der Waals surface area contributed by atoms with Gasteiger partial charge in [-0.15, -0.1) is 0 Å². The topological polar surface area (TPSA) is 64.7 Å². The van der Waals surface area contributed by atoms with Gasteiger partial charge in [0.15, 0.2) is 5.82 Å². The summed E-state index contributed by atoms with van der Waals surface area (Å²) < 4.78 is 0.648. The number of halogens is 1. The summed E-state index contributed by atoms with van der Waals surface area (Å²) in [6.45, 7) is 1.99. The number of hydrogen-bond acceptors (Lipinski definition) is 4. The molecule has 0 aliphatic heterocycles. The smallest absolute Gasteiger partial charge is 0.151 e. The van der Waals surface area contributed by atoms with E-state index in [1.165, 1.54) is 0 Å². The maximum Gasteiger partial charge on any atom is 0.151 e. The molecule has 15 heavy (non-hydrogen) atoms. The Kier molecular flexibility index (Phi) is 2.64. The number of nitrogen functional groups attached to an aromatic ring is 1. The molecule has 0 radical (unpaired) electrons. The fourth-order valence-electron chi connectivity index (χ4n) is 1.23. The lowest BCUT2D eigenvalue weighted by molar-refractivity contribution is 1.15. The molecule has 0 aliphatic carbocycles. The van der Waals surface area contributed by atoms with E-state index in [4.69, 9.17) is 5.73 Å². The first-order valence-corrected chi connectivity index (χ1v) is 5.17. The molecule has 0 bridgehead atoms. The second kappa shape index (κ2) is 3.94. The minimum Gasteiger partial charge on any atom is -0.382 e. The van der Waals surface area contributed by atoms with Crippen LogP contribution in [0.5, 0.6) is 0 Å². The second-order valence-electron chi connectivity index (χ2n) is 3.15. The Bertz CT molecular complexity index is 499. The molecule has 0 saturated carbocycles. The van der Waals surface area contributed by atoms with Gasteiger partial charge in [-0.3, -0.25) is 4.98 Å². The van der Waals surface area contributed by atoms with Crippen LogP contribution in [0.4, 0.5) is 5.82 Å². The second-order valence-corrected chi connectivity index (χ2v) is 3.96. The van der Waals surface area contributed by atoms with Crippen LogP contribution in [0.15, 0.2) is 29.1 Å². The quantitative estimate of drug-likeness (QED) is 0.858. The number of rotatable bonds is 1. The molecule has 2 aromatic heterocycles. The van der Waals surface area contributed by atoms with Crippen LogP contribution >= 0.6 is 15.9 Å². The molecule has 0 atom stereocenters. The minimum atomic E-state index is 0.385. The molecule has 0 fully saturated rings. The van der Waals surface area contributed by atoms with Crippen LogP contribution in [-0.4, -0.2) is 15.0 Å². The summed E-state index contributed by atoms with van der Waals surface area (Å²) in [6, 6.07) is 3.85. The van der Waals surface area contributed by atoms with E-state index >= 15 is 0 Å². The van der Waals surface area contributed by atoms with Crippen molar-refractivity contribution < 1.29 is 0 Å². The maximum atomic E-state index is 5.74. The van der Waals surface area contributed by atoms with Gasteiger partial charge >= 0.3 is 0 Å². The summed E-state index contributed by atoms with van der Waals surface area (Å²) in [4.78, 5) is 12.5. The highest BCUT2D eigenvalue weighted by atomic mass is 79.9. The molecule has 0 amide bonds. The van der Waals surface area contributed by atoms with Crippen LogP contribution < -0.4 is 5.73 Å². The van der Waals surface area contributed by atoms with E-state index in [1.807, 2.05) is 19.1 Å². The number of aromatic nitrogens is 3. The molecule has 4 nitrogen and oxygen atoms in total. The Hall–Kier alpha value is -1.49. The van der Waals surface area contributed by atoms with Gasteiger partial charge in [0, 0.05) is 6.20 Å². The van der Waals surface area contributed by atoms with Crippen LogP contribution in [0.1, 0.15) is 5.56 Å². The summed E-state index contributed by atoms with van der Waals surface area (Å²) >= 11 is 3.26. The van der Waals surface area contributed by atoms with Crippen molar-refractivity contribution in [3.63, 3.8) is 0 Å². The van der Waals surface area contributed by atoms with Crippen molar-refractivity contribution >= 4 is 21.7 Å². The molecule has 2 N–H and O–H groups in total. The SMILES string of the molecule is Cc1ccnc(-c2nc(Br)cnc2N)c1. The third kappa shape index (κ3) is 2.12. The van der Waals surface area contributed by atoms with Crippen molar-refractivity contribution in [3.8, 4) is 11.4 Å². The third-order valence-electron chi connectivity index (χ3n) is 1.93. The van der Waals surface area contributed by atoms with E-state index in [2.05, 4.69) is 30.9 Å². The van der Waals surface area contributed by atoms with Crippen molar-refractivity contribution in [2.24, 2.45) is 0 Å². The normalized spacial score (nSPS) is 10.3. The van der Waals surface area contributed by atoms with E-state index in [1.54, 1.807) is 12.4 Å². The van der Waals surface area contributed by atoms with Gasteiger partial charge < -0.3 is 5.73 Å². The number of hydrogen-bond donors (Lipinski definition) is 1. The Labute approximate surface area is 95.7 Å². The van der Waals surface area contributed by atoms with Crippen LogP contribution in [0.3, 0.4) is 0 Å². The summed E-state index contributed by atoms with van der Waals surface area (Å²) in [7, 11) is 0. The zero-order valence-electron chi connectivity index (χ0n) is 8.11. The average molecular weight is 265 g/mol. The van der Waals surface area contributed by atoms with Crippen molar-refractivity contribution in [3.05, 3.63) is 34.7 Å². The lowest BCUT2D eigenvalue weighted by Crippen LogP contribution is -1.98. The lowest BCUT2D eigenvalue weighted by Gasteiger charge is -2.03. The first-order valence-electron chi connectivity index (χ1n) is 4.38. The Morgan fingerprint density at radius 2 is 2.13 bits per heavy atom. The highest BCUT2D eigenvalue weighted by Crippen LogP contribution is 2.21. The molecule has 0 saturated heterocycles. The fraction of sp³-hybridized carbons (Fsp3) is 0.100. The highest BCUT2D eigenvalue weighted by molar-refractivity contribution is 9.10. The molecule has 0 aromatic carbocycles.